The zero-order chi connectivity index (χ0) is 34.2. The lowest BCUT2D eigenvalue weighted by Gasteiger charge is -2.48. The van der Waals surface area contributed by atoms with Gasteiger partial charge >= 0.3 is 0 Å². The van der Waals surface area contributed by atoms with Crippen molar-refractivity contribution in [2.75, 3.05) is 20.2 Å². The van der Waals surface area contributed by atoms with Gasteiger partial charge in [0.25, 0.3) is 0 Å². The van der Waals surface area contributed by atoms with E-state index in [2.05, 4.69) is 36.2 Å². The molecular formula is C35H32Cl2N10O2S. The summed E-state index contributed by atoms with van der Waals surface area (Å²) >= 11 is 15.9. The second-order valence-corrected chi connectivity index (χ2v) is 14.5. The highest BCUT2D eigenvalue weighted by Crippen LogP contribution is 2.41. The number of benzene rings is 2. The molecule has 15 heteroatoms. The van der Waals surface area contributed by atoms with Gasteiger partial charge in [-0.25, -0.2) is 9.97 Å². The first kappa shape index (κ1) is 32.7. The molecule has 50 heavy (non-hydrogen) atoms. The quantitative estimate of drug-likeness (QED) is 0.154. The minimum absolute atomic E-state index is 0.0754. The third-order valence-electron chi connectivity index (χ3n) is 9.19. The van der Waals surface area contributed by atoms with E-state index in [1.807, 2.05) is 60.8 Å². The fourth-order valence-corrected chi connectivity index (χ4v) is 8.40. The number of aromatic amines is 1. The summed E-state index contributed by atoms with van der Waals surface area (Å²) < 4.78 is 6.78. The number of aromatic nitrogens is 7. The largest absolute Gasteiger partial charge is 0.481 e. The minimum atomic E-state index is -0.0754. The lowest BCUT2D eigenvalue weighted by atomic mass is 9.88. The zero-order valence-corrected chi connectivity index (χ0v) is 29.4. The highest BCUT2D eigenvalue weighted by Gasteiger charge is 2.47. The lowest BCUT2D eigenvalue weighted by molar-refractivity contribution is -0.120. The Hall–Kier alpha value is -4.53. The Labute approximate surface area is 301 Å². The van der Waals surface area contributed by atoms with Crippen LogP contribution in [0.5, 0.6) is 5.88 Å². The van der Waals surface area contributed by atoms with Crippen LogP contribution in [0.15, 0.2) is 60.8 Å². The molecule has 1 amide bonds. The SMILES string of the molecule is COc1nc(-c2cccc(-c3cccc(Cc4nccc5sc(CNCc6nn[nH]n6)nc45)c3Cl)c2Cl)ccc1CN1CC2(CCC(=O)N2)C1. The Morgan fingerprint density at radius 3 is 2.58 bits per heavy atom. The van der Waals surface area contributed by atoms with E-state index in [0.717, 1.165) is 68.2 Å². The van der Waals surface area contributed by atoms with Crippen LogP contribution in [0, 0.1) is 0 Å². The zero-order valence-electron chi connectivity index (χ0n) is 27.0. The van der Waals surface area contributed by atoms with Crippen LogP contribution in [0.3, 0.4) is 0 Å². The van der Waals surface area contributed by atoms with Crippen molar-refractivity contribution < 1.29 is 9.53 Å². The molecule has 3 N–H and O–H groups in total. The van der Waals surface area contributed by atoms with Crippen molar-refractivity contribution in [1.29, 1.82) is 0 Å². The molecule has 8 rings (SSSR count). The number of pyridine rings is 2. The fourth-order valence-electron chi connectivity index (χ4n) is 6.83. The first-order valence-electron chi connectivity index (χ1n) is 16.2. The third kappa shape index (κ3) is 6.42. The van der Waals surface area contributed by atoms with Gasteiger partial charge < -0.3 is 15.4 Å². The van der Waals surface area contributed by atoms with Gasteiger partial charge in [-0.15, -0.1) is 21.5 Å². The number of likely N-dealkylation sites (tertiary alicyclic amines) is 1. The second kappa shape index (κ2) is 13.6. The summed E-state index contributed by atoms with van der Waals surface area (Å²) in [6, 6.07) is 17.9. The maximum Gasteiger partial charge on any atom is 0.220 e. The molecule has 0 aliphatic carbocycles. The number of thiazole rings is 1. The van der Waals surface area contributed by atoms with Gasteiger partial charge in [-0.1, -0.05) is 70.9 Å². The number of hydrogen-bond acceptors (Lipinski definition) is 11. The molecule has 4 aromatic heterocycles. The lowest BCUT2D eigenvalue weighted by Crippen LogP contribution is -2.66. The molecule has 0 saturated carbocycles. The van der Waals surface area contributed by atoms with Crippen LogP contribution in [-0.2, 0) is 30.8 Å². The van der Waals surface area contributed by atoms with Crippen molar-refractivity contribution in [1.82, 2.24) is 51.1 Å². The highest BCUT2D eigenvalue weighted by molar-refractivity contribution is 7.18. The van der Waals surface area contributed by atoms with Gasteiger partial charge in [0.15, 0.2) is 5.82 Å². The average molecular weight is 728 g/mol. The number of fused-ring (bicyclic) bond motifs is 1. The Kier molecular flexibility index (Phi) is 8.91. The number of hydrogen-bond donors (Lipinski definition) is 3. The molecule has 254 valence electrons. The summed E-state index contributed by atoms with van der Waals surface area (Å²) in [4.78, 5) is 28.5. The van der Waals surface area contributed by atoms with E-state index in [1.54, 1.807) is 18.4 Å². The molecule has 0 unspecified atom stereocenters. The van der Waals surface area contributed by atoms with Gasteiger partial charge in [-0.2, -0.15) is 5.21 Å². The summed E-state index contributed by atoms with van der Waals surface area (Å²) in [5.74, 6) is 1.29. The number of nitrogens with one attached hydrogen (secondary N) is 3. The predicted octanol–water partition coefficient (Wildman–Crippen LogP) is 5.59. The van der Waals surface area contributed by atoms with E-state index in [-0.39, 0.29) is 11.4 Å². The van der Waals surface area contributed by atoms with E-state index in [4.69, 9.17) is 42.9 Å². The molecular weight excluding hydrogens is 695 g/mol. The van der Waals surface area contributed by atoms with Crippen molar-refractivity contribution in [3.05, 3.63) is 98.5 Å². The smallest absolute Gasteiger partial charge is 0.220 e. The standard InChI is InChI=1S/C35H32Cl2N10O2S/c1-49-34-21(17-47-18-35(19-47)12-10-29(48)42-35)8-9-25(40-34)24-7-3-6-23(32(24)37)22-5-2-4-20(31(22)36)14-26-33-27(11-13-39-26)50-30(41-33)16-38-15-28-43-45-46-44-28/h2-9,11,13,38H,10,12,14-19H2,1H3,(H,42,48)(H,43,44,45,46). The molecule has 2 saturated heterocycles. The van der Waals surface area contributed by atoms with Crippen LogP contribution in [0.1, 0.15) is 40.5 Å². The van der Waals surface area contributed by atoms with Crippen LogP contribution in [0.25, 0.3) is 32.6 Å². The van der Waals surface area contributed by atoms with Gasteiger partial charge in [0.05, 0.1) is 45.3 Å². The van der Waals surface area contributed by atoms with E-state index in [9.17, 15) is 4.79 Å². The molecule has 6 aromatic rings. The van der Waals surface area contributed by atoms with Crippen molar-refractivity contribution in [3.8, 4) is 28.3 Å². The van der Waals surface area contributed by atoms with E-state index in [0.29, 0.717) is 59.9 Å². The van der Waals surface area contributed by atoms with Crippen LogP contribution < -0.4 is 15.4 Å². The van der Waals surface area contributed by atoms with Crippen molar-refractivity contribution in [3.63, 3.8) is 0 Å². The molecule has 0 atom stereocenters. The molecule has 6 heterocycles. The Morgan fingerprint density at radius 1 is 0.980 bits per heavy atom. The summed E-state index contributed by atoms with van der Waals surface area (Å²) in [7, 11) is 1.63. The summed E-state index contributed by atoms with van der Waals surface area (Å²) in [6.45, 7) is 3.40. The van der Waals surface area contributed by atoms with Crippen molar-refractivity contribution >= 4 is 50.7 Å². The topological polar surface area (TPSA) is 147 Å². The summed E-state index contributed by atoms with van der Waals surface area (Å²) in [5.41, 5.74) is 6.64. The van der Waals surface area contributed by atoms with Crippen LogP contribution in [0.4, 0.5) is 0 Å². The Bertz CT molecular complexity index is 2200. The van der Waals surface area contributed by atoms with Crippen LogP contribution in [-0.4, -0.2) is 72.1 Å². The van der Waals surface area contributed by atoms with Crippen molar-refractivity contribution in [2.45, 2.75) is 44.4 Å². The molecule has 2 aromatic carbocycles. The number of carbonyl (C=O) groups is 1. The fraction of sp³-hybridized carbons (Fsp3) is 0.286. The molecule has 1 spiro atoms. The predicted molar refractivity (Wildman–Crippen MR) is 192 cm³/mol. The minimum Gasteiger partial charge on any atom is -0.481 e. The number of amides is 1. The number of ether oxygens (including phenoxy) is 1. The molecule has 0 bridgehead atoms. The Balaban J connectivity index is 1.01. The first-order valence-corrected chi connectivity index (χ1v) is 17.8. The molecule has 2 aliphatic rings. The van der Waals surface area contributed by atoms with Gasteiger partial charge in [0.1, 0.15) is 10.5 Å². The number of carbonyl (C=O) groups excluding carboxylic acids is 1. The monoisotopic (exact) mass is 726 g/mol. The van der Waals surface area contributed by atoms with Crippen molar-refractivity contribution in [2.24, 2.45) is 0 Å². The normalized spacial score (nSPS) is 15.5. The number of tetrazole rings is 1. The number of methoxy groups -OCH3 is 1. The highest BCUT2D eigenvalue weighted by atomic mass is 35.5. The summed E-state index contributed by atoms with van der Waals surface area (Å²) in [5, 5.41) is 22.5. The molecule has 2 fully saturated rings. The Morgan fingerprint density at radius 2 is 1.80 bits per heavy atom. The first-order chi connectivity index (χ1) is 24.4. The van der Waals surface area contributed by atoms with Gasteiger partial charge in [-0.3, -0.25) is 14.7 Å². The third-order valence-corrected chi connectivity index (χ3v) is 11.1. The number of H-pyrrole nitrogens is 1. The second-order valence-electron chi connectivity index (χ2n) is 12.6. The number of halogens is 2. The van der Waals surface area contributed by atoms with Gasteiger partial charge in [-0.05, 0) is 24.1 Å². The van der Waals surface area contributed by atoms with Gasteiger partial charge in [0, 0.05) is 67.5 Å². The maximum absolute atomic E-state index is 11.7. The molecule has 0 radical (unpaired) electrons. The van der Waals surface area contributed by atoms with Gasteiger partial charge in [0.2, 0.25) is 11.8 Å². The number of nitrogens with zero attached hydrogens (tertiary/aromatic N) is 7. The van der Waals surface area contributed by atoms with E-state index >= 15 is 0 Å². The van der Waals surface area contributed by atoms with E-state index < -0.39 is 0 Å². The van der Waals surface area contributed by atoms with Crippen LogP contribution >= 0.6 is 34.5 Å². The van der Waals surface area contributed by atoms with E-state index in [1.165, 1.54) is 0 Å². The molecule has 2 aliphatic heterocycles. The average Bonchev–Trinajstić information content (AvgIpc) is 3.87. The maximum atomic E-state index is 11.7. The van der Waals surface area contributed by atoms with Crippen LogP contribution in [0.2, 0.25) is 10.0 Å². The molecule has 12 nitrogen and oxygen atoms in total. The number of rotatable bonds is 11. The summed E-state index contributed by atoms with van der Waals surface area (Å²) in [6.07, 6.45) is 3.81.